The molecule has 0 radical (unpaired) electrons. The number of hydrogen-bond acceptors (Lipinski definition) is 6. The maximum atomic E-state index is 13.3. The Morgan fingerprint density at radius 2 is 1.61 bits per heavy atom. The molecular weight excluding hydrogens is 496 g/mol. The van der Waals surface area contributed by atoms with E-state index in [1.165, 1.54) is 54.6 Å². The van der Waals surface area contributed by atoms with Gasteiger partial charge in [-0.15, -0.1) is 11.3 Å². The summed E-state index contributed by atoms with van der Waals surface area (Å²) < 4.78 is 39.1. The Labute approximate surface area is 215 Å². The Bertz CT molecular complexity index is 1510. The zero-order valence-corrected chi connectivity index (χ0v) is 22.4. The summed E-state index contributed by atoms with van der Waals surface area (Å²) >= 11 is 1.36. The van der Waals surface area contributed by atoms with E-state index in [1.54, 1.807) is 24.3 Å². The molecule has 1 heterocycles. The first-order valence-electron chi connectivity index (χ1n) is 11.3. The van der Waals surface area contributed by atoms with Crippen LogP contribution in [0.3, 0.4) is 0 Å². The smallest absolute Gasteiger partial charge is 0.265 e. The van der Waals surface area contributed by atoms with Gasteiger partial charge in [-0.05, 0) is 65.4 Å². The molecule has 4 aromatic rings. The van der Waals surface area contributed by atoms with E-state index < -0.39 is 10.0 Å². The molecule has 0 aliphatic heterocycles. The van der Waals surface area contributed by atoms with Crippen molar-refractivity contribution >= 4 is 48.7 Å². The van der Waals surface area contributed by atoms with Crippen LogP contribution in [0, 0.1) is 0 Å². The summed E-state index contributed by atoms with van der Waals surface area (Å²) in [5, 5.41) is 3.72. The molecule has 1 amide bonds. The van der Waals surface area contributed by atoms with Crippen LogP contribution in [-0.2, 0) is 10.0 Å². The Morgan fingerprint density at radius 3 is 2.25 bits per heavy atom. The van der Waals surface area contributed by atoms with E-state index in [0.29, 0.717) is 28.0 Å². The van der Waals surface area contributed by atoms with Crippen LogP contribution in [0.1, 0.15) is 35.0 Å². The van der Waals surface area contributed by atoms with Gasteiger partial charge in [0.2, 0.25) is 0 Å². The lowest BCUT2D eigenvalue weighted by molar-refractivity contribution is 0.103. The number of methoxy groups -OCH3 is 2. The van der Waals surface area contributed by atoms with Crippen molar-refractivity contribution in [3.8, 4) is 11.5 Å². The van der Waals surface area contributed by atoms with E-state index in [-0.39, 0.29) is 10.8 Å². The molecule has 0 unspecified atom stereocenters. The van der Waals surface area contributed by atoms with Crippen LogP contribution in [0.2, 0.25) is 0 Å². The number of amides is 1. The van der Waals surface area contributed by atoms with E-state index in [9.17, 15) is 13.2 Å². The molecule has 7 nitrogen and oxygen atoms in total. The number of hydrogen-bond donors (Lipinski definition) is 1. The first-order chi connectivity index (χ1) is 17.1. The molecule has 0 aliphatic carbocycles. The van der Waals surface area contributed by atoms with Crippen molar-refractivity contribution in [1.82, 2.24) is 0 Å². The van der Waals surface area contributed by atoms with Crippen molar-refractivity contribution in [1.29, 1.82) is 0 Å². The number of carbonyl (C=O) groups is 1. The highest BCUT2D eigenvalue weighted by atomic mass is 32.2. The fourth-order valence-electron chi connectivity index (χ4n) is 3.76. The van der Waals surface area contributed by atoms with Crippen LogP contribution in [0.5, 0.6) is 11.5 Å². The number of thiophene rings is 1. The lowest BCUT2D eigenvalue weighted by atomic mass is 10.0. The van der Waals surface area contributed by atoms with Crippen LogP contribution in [0.15, 0.2) is 71.6 Å². The average molecular weight is 525 g/mol. The maximum absolute atomic E-state index is 13.3. The predicted octanol–water partition coefficient (Wildman–Crippen LogP) is 6.12. The average Bonchev–Trinajstić information content (AvgIpc) is 3.31. The van der Waals surface area contributed by atoms with E-state index in [1.807, 2.05) is 30.3 Å². The zero-order chi connectivity index (χ0) is 26.0. The first kappa shape index (κ1) is 25.5. The number of carbonyl (C=O) groups excluding carboxylic acids is 1. The van der Waals surface area contributed by atoms with Gasteiger partial charge in [-0.3, -0.25) is 9.10 Å². The van der Waals surface area contributed by atoms with Crippen molar-refractivity contribution in [3.63, 3.8) is 0 Å². The molecule has 4 rings (SSSR count). The fourth-order valence-corrected chi connectivity index (χ4v) is 5.90. The predicted molar refractivity (Wildman–Crippen MR) is 145 cm³/mol. The lowest BCUT2D eigenvalue weighted by Gasteiger charge is -2.20. The molecule has 0 spiro atoms. The van der Waals surface area contributed by atoms with E-state index in [2.05, 4.69) is 19.2 Å². The normalized spacial score (nSPS) is 11.5. The van der Waals surface area contributed by atoms with Gasteiger partial charge in [-0.25, -0.2) is 8.42 Å². The summed E-state index contributed by atoms with van der Waals surface area (Å²) in [5.41, 5.74) is 2.41. The summed E-state index contributed by atoms with van der Waals surface area (Å²) in [5.74, 6) is 0.983. The molecule has 36 heavy (non-hydrogen) atoms. The number of rotatable bonds is 8. The Kier molecular flexibility index (Phi) is 7.23. The van der Waals surface area contributed by atoms with Gasteiger partial charge in [-0.1, -0.05) is 26.0 Å². The molecule has 1 N–H and O–H groups in total. The Balaban J connectivity index is 1.57. The highest BCUT2D eigenvalue weighted by Crippen LogP contribution is 2.34. The van der Waals surface area contributed by atoms with Gasteiger partial charge in [0.15, 0.2) is 11.5 Å². The molecule has 0 saturated heterocycles. The highest BCUT2D eigenvalue weighted by molar-refractivity contribution is 7.92. The molecule has 0 saturated carbocycles. The molecule has 3 aromatic carbocycles. The topological polar surface area (TPSA) is 84.9 Å². The van der Waals surface area contributed by atoms with Crippen molar-refractivity contribution < 1.29 is 22.7 Å². The second kappa shape index (κ2) is 10.2. The zero-order valence-electron chi connectivity index (χ0n) is 20.7. The van der Waals surface area contributed by atoms with Gasteiger partial charge < -0.3 is 14.8 Å². The minimum Gasteiger partial charge on any atom is -0.493 e. The summed E-state index contributed by atoms with van der Waals surface area (Å²) in [6, 6.07) is 19.4. The SMILES string of the molecule is COc1ccc(S(=O)(=O)N(C)c2ccc3sc(C(=O)Nc4ccc(C(C)C)cc4)cc3c2)cc1OC. The second-order valence-electron chi connectivity index (χ2n) is 8.55. The van der Waals surface area contributed by atoms with Crippen molar-refractivity contribution in [2.75, 3.05) is 30.9 Å². The summed E-state index contributed by atoms with van der Waals surface area (Å²) in [6.07, 6.45) is 0. The number of anilines is 2. The molecule has 0 aliphatic rings. The second-order valence-corrected chi connectivity index (χ2v) is 11.6. The fraction of sp³-hybridized carbons (Fsp3) is 0.222. The van der Waals surface area contributed by atoms with Gasteiger partial charge in [-0.2, -0.15) is 0 Å². The van der Waals surface area contributed by atoms with E-state index in [0.717, 1.165) is 15.8 Å². The molecule has 0 bridgehead atoms. The summed E-state index contributed by atoms with van der Waals surface area (Å²) in [7, 11) is 0.584. The van der Waals surface area contributed by atoms with Gasteiger partial charge >= 0.3 is 0 Å². The van der Waals surface area contributed by atoms with Crippen LogP contribution in [0.25, 0.3) is 10.1 Å². The quantitative estimate of drug-likeness (QED) is 0.300. The van der Waals surface area contributed by atoms with Crippen LogP contribution < -0.4 is 19.1 Å². The Morgan fingerprint density at radius 1 is 0.917 bits per heavy atom. The summed E-state index contributed by atoms with van der Waals surface area (Å²) in [6.45, 7) is 4.24. The first-order valence-corrected chi connectivity index (χ1v) is 13.6. The van der Waals surface area contributed by atoms with Crippen molar-refractivity contribution in [2.45, 2.75) is 24.7 Å². The lowest BCUT2D eigenvalue weighted by Crippen LogP contribution is -2.26. The minimum atomic E-state index is -3.86. The molecule has 0 fully saturated rings. The van der Waals surface area contributed by atoms with Crippen LogP contribution in [-0.4, -0.2) is 35.6 Å². The standard InChI is InChI=1S/C27H28N2O5S2/c1-17(2)18-6-8-20(9-7-18)28-27(30)26-15-19-14-21(10-13-25(19)35-26)29(3)36(31,32)22-11-12-23(33-4)24(16-22)34-5/h6-17H,1-5H3,(H,28,30). The maximum Gasteiger partial charge on any atom is 0.265 e. The van der Waals surface area contributed by atoms with Crippen molar-refractivity contribution in [3.05, 3.63) is 77.2 Å². The number of benzene rings is 3. The van der Waals surface area contributed by atoms with Crippen LogP contribution >= 0.6 is 11.3 Å². The molecule has 1 aromatic heterocycles. The Hall–Kier alpha value is -3.56. The number of ether oxygens (including phenoxy) is 2. The molecule has 188 valence electrons. The van der Waals surface area contributed by atoms with E-state index in [4.69, 9.17) is 9.47 Å². The minimum absolute atomic E-state index is 0.0802. The third-order valence-corrected chi connectivity index (χ3v) is 8.83. The monoisotopic (exact) mass is 524 g/mol. The molecule has 0 atom stereocenters. The van der Waals surface area contributed by atoms with Gasteiger partial charge in [0.25, 0.3) is 15.9 Å². The van der Waals surface area contributed by atoms with Crippen molar-refractivity contribution in [2.24, 2.45) is 0 Å². The third-order valence-electron chi connectivity index (χ3n) is 5.94. The molecular formula is C27H28N2O5S2. The molecule has 9 heteroatoms. The highest BCUT2D eigenvalue weighted by Gasteiger charge is 2.24. The number of nitrogens with one attached hydrogen (secondary N) is 1. The number of fused-ring (bicyclic) bond motifs is 1. The van der Waals surface area contributed by atoms with Gasteiger partial charge in [0.1, 0.15) is 0 Å². The largest absolute Gasteiger partial charge is 0.493 e. The number of sulfonamides is 1. The van der Waals surface area contributed by atoms with Gasteiger partial charge in [0.05, 0.1) is 29.7 Å². The van der Waals surface area contributed by atoms with Gasteiger partial charge in [0, 0.05) is 23.5 Å². The third kappa shape index (κ3) is 5.03. The van der Waals surface area contributed by atoms with Crippen LogP contribution in [0.4, 0.5) is 11.4 Å². The van der Waals surface area contributed by atoms with E-state index >= 15 is 0 Å². The summed E-state index contributed by atoms with van der Waals surface area (Å²) in [4.78, 5) is 13.5. The number of nitrogens with zero attached hydrogens (tertiary/aromatic N) is 1.